The second-order valence-electron chi connectivity index (χ2n) is 12.1. The Kier molecular flexibility index (Phi) is 7.86. The van der Waals surface area contributed by atoms with Crippen LogP contribution in [0.1, 0.15) is 80.6 Å². The molecule has 0 spiro atoms. The van der Waals surface area contributed by atoms with Crippen LogP contribution in [0.25, 0.3) is 0 Å². The number of rotatable bonds is 5. The first-order valence-electron chi connectivity index (χ1n) is 13.0. The molecule has 0 heterocycles. The largest absolute Gasteiger partial charge is 0.466 e. The molecule has 0 saturated heterocycles. The lowest BCUT2D eigenvalue weighted by Gasteiger charge is -2.62. The van der Waals surface area contributed by atoms with Crippen molar-refractivity contribution in [2.45, 2.75) is 86.7 Å². The molecule has 4 nitrogen and oxygen atoms in total. The van der Waals surface area contributed by atoms with Crippen molar-refractivity contribution in [1.82, 2.24) is 0 Å². The molecule has 3 saturated carbocycles. The zero-order valence-electron chi connectivity index (χ0n) is 22.9. The summed E-state index contributed by atoms with van der Waals surface area (Å²) in [6.07, 6.45) is 15.9. The third kappa shape index (κ3) is 4.91. The second-order valence-corrected chi connectivity index (χ2v) is 12.1. The molecule has 192 valence electrons. The van der Waals surface area contributed by atoms with Crippen LogP contribution in [0.2, 0.25) is 0 Å². The molecule has 0 bridgehead atoms. The maximum absolute atomic E-state index is 13.4. The number of methoxy groups -OCH3 is 1. The van der Waals surface area contributed by atoms with Crippen molar-refractivity contribution < 1.29 is 19.4 Å². The van der Waals surface area contributed by atoms with E-state index in [0.717, 1.165) is 42.4 Å². The minimum Gasteiger partial charge on any atom is -0.466 e. The lowest BCUT2D eigenvalue weighted by molar-refractivity contribution is -0.157. The topological polar surface area (TPSA) is 63.6 Å². The van der Waals surface area contributed by atoms with E-state index in [9.17, 15) is 14.7 Å². The normalized spacial score (nSPS) is 36.9. The number of Topliss-reactive ketones (excluding diaryl/α,β-unsaturated/α-hetero) is 1. The van der Waals surface area contributed by atoms with Gasteiger partial charge >= 0.3 is 5.97 Å². The van der Waals surface area contributed by atoms with Gasteiger partial charge in [-0.15, -0.1) is 0 Å². The van der Waals surface area contributed by atoms with E-state index in [1.807, 2.05) is 31.2 Å². The Balaban J connectivity index is 1.83. The van der Waals surface area contributed by atoms with Gasteiger partial charge in [-0.1, -0.05) is 69.7 Å². The Labute approximate surface area is 211 Å². The lowest BCUT2D eigenvalue weighted by Crippen LogP contribution is -2.57. The van der Waals surface area contributed by atoms with Crippen LogP contribution >= 0.6 is 0 Å². The zero-order chi connectivity index (χ0) is 26.2. The van der Waals surface area contributed by atoms with Crippen molar-refractivity contribution in [3.05, 3.63) is 58.7 Å². The van der Waals surface area contributed by atoms with Crippen molar-refractivity contribution in [3.8, 4) is 0 Å². The Morgan fingerprint density at radius 2 is 1.63 bits per heavy atom. The molecule has 3 aliphatic carbocycles. The Morgan fingerprint density at radius 1 is 0.971 bits per heavy atom. The van der Waals surface area contributed by atoms with Gasteiger partial charge in [0.15, 0.2) is 5.78 Å². The smallest absolute Gasteiger partial charge is 0.333 e. The summed E-state index contributed by atoms with van der Waals surface area (Å²) < 4.78 is 4.70. The van der Waals surface area contributed by atoms with Gasteiger partial charge in [0.25, 0.3) is 0 Å². The van der Waals surface area contributed by atoms with Crippen LogP contribution in [0.4, 0.5) is 0 Å². The predicted molar refractivity (Wildman–Crippen MR) is 142 cm³/mol. The third-order valence-corrected chi connectivity index (χ3v) is 9.58. The van der Waals surface area contributed by atoms with Gasteiger partial charge in [-0.05, 0) is 74.7 Å². The number of carbonyl (C=O) groups excluding carboxylic acids is 2. The fourth-order valence-electron chi connectivity index (χ4n) is 7.63. The molecular weight excluding hydrogens is 436 g/mol. The summed E-state index contributed by atoms with van der Waals surface area (Å²) in [5.74, 6) is 0.738. The highest BCUT2D eigenvalue weighted by molar-refractivity contribution is 6.00. The number of aliphatic hydroxyl groups is 1. The summed E-state index contributed by atoms with van der Waals surface area (Å²) in [5.41, 5.74) is 3.53. The van der Waals surface area contributed by atoms with E-state index in [0.29, 0.717) is 29.6 Å². The molecule has 0 amide bonds. The first kappa shape index (κ1) is 27.4. The van der Waals surface area contributed by atoms with Crippen LogP contribution in [-0.4, -0.2) is 30.1 Å². The number of hydrogen-bond acceptors (Lipinski definition) is 4. The Bertz CT molecular complexity index is 1020. The number of aliphatic hydroxyl groups excluding tert-OH is 1. The minimum atomic E-state index is -0.331. The first-order valence-corrected chi connectivity index (χ1v) is 13.0. The van der Waals surface area contributed by atoms with E-state index in [-0.39, 0.29) is 28.3 Å². The molecule has 1 N–H and O–H groups in total. The van der Waals surface area contributed by atoms with Crippen molar-refractivity contribution in [3.63, 3.8) is 0 Å². The molecule has 3 rings (SSSR count). The molecule has 5 atom stereocenters. The summed E-state index contributed by atoms with van der Waals surface area (Å²) in [7, 11) is 1.38. The Morgan fingerprint density at radius 3 is 2.29 bits per heavy atom. The average Bonchev–Trinajstić information content (AvgIpc) is 3.07. The van der Waals surface area contributed by atoms with Gasteiger partial charge in [-0.2, -0.15) is 0 Å². The van der Waals surface area contributed by atoms with Crippen LogP contribution in [0.5, 0.6) is 0 Å². The van der Waals surface area contributed by atoms with Gasteiger partial charge in [0.05, 0.1) is 13.2 Å². The van der Waals surface area contributed by atoms with Gasteiger partial charge in [0.2, 0.25) is 0 Å². The molecule has 0 aromatic rings. The van der Waals surface area contributed by atoms with E-state index in [1.165, 1.54) is 7.11 Å². The molecule has 3 aliphatic rings. The van der Waals surface area contributed by atoms with E-state index in [2.05, 4.69) is 40.7 Å². The van der Waals surface area contributed by atoms with E-state index >= 15 is 0 Å². The fraction of sp³-hybridized carbons (Fsp3) is 0.613. The number of allylic oxidation sites excluding steroid dienone is 9. The lowest BCUT2D eigenvalue weighted by atomic mass is 9.43. The quantitative estimate of drug-likeness (QED) is 0.271. The summed E-state index contributed by atoms with van der Waals surface area (Å²) in [4.78, 5) is 24.9. The number of fused-ring (bicyclic) bond motifs is 3. The van der Waals surface area contributed by atoms with Crippen LogP contribution < -0.4 is 0 Å². The average molecular weight is 481 g/mol. The third-order valence-electron chi connectivity index (χ3n) is 9.58. The van der Waals surface area contributed by atoms with Gasteiger partial charge in [0, 0.05) is 23.0 Å². The molecule has 35 heavy (non-hydrogen) atoms. The van der Waals surface area contributed by atoms with Gasteiger partial charge in [0.1, 0.15) is 0 Å². The molecule has 3 fully saturated rings. The summed E-state index contributed by atoms with van der Waals surface area (Å²) in [5, 5.41) is 10.7. The summed E-state index contributed by atoms with van der Waals surface area (Å²) in [6.45, 7) is 14.9. The highest BCUT2D eigenvalue weighted by Gasteiger charge is 2.64. The van der Waals surface area contributed by atoms with E-state index in [4.69, 9.17) is 4.74 Å². The highest BCUT2D eigenvalue weighted by Crippen LogP contribution is 2.69. The van der Waals surface area contributed by atoms with Crippen molar-refractivity contribution in [1.29, 1.82) is 0 Å². The molecule has 4 heteroatoms. The summed E-state index contributed by atoms with van der Waals surface area (Å²) >= 11 is 0. The molecule has 0 aromatic carbocycles. The highest BCUT2D eigenvalue weighted by atomic mass is 16.5. The standard InChI is InChI=1S/C31H44O4/c1-20(12-10-14-22(3)28(34)35-8)11-9-13-21(2)27-23(32)19-25-30(6)18-16-26(33)29(4,5)24(30)15-17-31(25,27)7/h9-14,24-26,33H,15-19H2,1-8H3. The zero-order valence-corrected chi connectivity index (χ0v) is 22.9. The molecular formula is C31H44O4. The first-order chi connectivity index (χ1) is 16.3. The van der Waals surface area contributed by atoms with Crippen LogP contribution in [0.3, 0.4) is 0 Å². The predicted octanol–water partition coefficient (Wildman–Crippen LogP) is 6.67. The van der Waals surface area contributed by atoms with Gasteiger partial charge in [-0.25, -0.2) is 4.79 Å². The van der Waals surface area contributed by atoms with Gasteiger partial charge in [-0.3, -0.25) is 4.79 Å². The van der Waals surface area contributed by atoms with Crippen molar-refractivity contribution in [2.75, 3.05) is 7.11 Å². The van der Waals surface area contributed by atoms with E-state index in [1.54, 1.807) is 13.0 Å². The number of hydrogen-bond donors (Lipinski definition) is 1. The number of esters is 1. The van der Waals surface area contributed by atoms with E-state index < -0.39 is 0 Å². The van der Waals surface area contributed by atoms with Crippen LogP contribution in [-0.2, 0) is 14.3 Å². The Hall–Kier alpha value is -2.20. The molecule has 5 unspecified atom stereocenters. The number of ketones is 1. The number of carbonyl (C=O) groups is 2. The number of ether oxygens (including phenoxy) is 1. The van der Waals surface area contributed by atoms with Crippen LogP contribution in [0, 0.1) is 28.1 Å². The second kappa shape index (κ2) is 10.0. The monoisotopic (exact) mass is 480 g/mol. The maximum atomic E-state index is 13.4. The molecule has 0 aromatic heterocycles. The molecule has 0 aliphatic heterocycles. The minimum absolute atomic E-state index is 0.0776. The van der Waals surface area contributed by atoms with Crippen LogP contribution in [0.15, 0.2) is 58.7 Å². The molecule has 0 radical (unpaired) electrons. The fourth-order valence-corrected chi connectivity index (χ4v) is 7.63. The SMILES string of the molecule is COC(=O)C(C)=CC=CC(C)=CC=CC(C)=C1C(=O)CC2C1(C)CCC1C(C)(C)C(O)CCC21C. The van der Waals surface area contributed by atoms with Crippen molar-refractivity contribution >= 4 is 11.8 Å². The van der Waals surface area contributed by atoms with Crippen molar-refractivity contribution in [2.24, 2.45) is 28.1 Å². The van der Waals surface area contributed by atoms with Gasteiger partial charge < -0.3 is 9.84 Å². The summed E-state index contributed by atoms with van der Waals surface area (Å²) in [6, 6.07) is 0. The maximum Gasteiger partial charge on any atom is 0.333 e.